The Morgan fingerprint density at radius 2 is 0.750 bits per heavy atom. The van der Waals surface area contributed by atoms with Gasteiger partial charge in [0.1, 0.15) is 36.6 Å². The van der Waals surface area contributed by atoms with Crippen LogP contribution in [-0.2, 0) is 4.79 Å². The zero-order valence-electron chi connectivity index (χ0n) is 8.50. The summed E-state index contributed by atoms with van der Waals surface area (Å²) in [5.41, 5.74) is 0. The number of aliphatic carboxylic acids is 1. The van der Waals surface area contributed by atoms with E-state index in [4.69, 9.17) is 40.5 Å². The van der Waals surface area contributed by atoms with Gasteiger partial charge in [0.05, 0.1) is 0 Å². The lowest BCUT2D eigenvalue weighted by molar-refractivity contribution is -0.223. The van der Waals surface area contributed by atoms with Crippen molar-refractivity contribution in [1.29, 1.82) is 0 Å². The van der Waals surface area contributed by atoms with Crippen LogP contribution in [-0.4, -0.2) is 78.3 Å². The molecular weight excluding hydrogens is 224 g/mol. The first-order chi connectivity index (χ1) is 7.20. The highest BCUT2D eigenvalue weighted by molar-refractivity contribution is 5.62. The van der Waals surface area contributed by atoms with Crippen molar-refractivity contribution in [3.05, 3.63) is 0 Å². The smallest absolute Gasteiger partial charge is 0.300 e. The first-order valence-electron chi connectivity index (χ1n) is 4.48. The van der Waals surface area contributed by atoms with Gasteiger partial charge in [0, 0.05) is 6.92 Å². The van der Waals surface area contributed by atoms with Crippen LogP contribution in [0.3, 0.4) is 0 Å². The second kappa shape index (κ2) is 6.09. The summed E-state index contributed by atoms with van der Waals surface area (Å²) >= 11 is 0. The minimum absolute atomic E-state index is 0.833. The number of aliphatic hydroxyl groups is 6. The summed E-state index contributed by atoms with van der Waals surface area (Å²) in [4.78, 5) is 9.00. The molecule has 1 aliphatic rings. The number of hydrogen-bond donors (Lipinski definition) is 7. The third kappa shape index (κ3) is 3.67. The molecule has 0 aromatic rings. The van der Waals surface area contributed by atoms with Crippen LogP contribution in [0.1, 0.15) is 6.92 Å². The maximum Gasteiger partial charge on any atom is 0.300 e. The maximum absolute atomic E-state index is 9.00. The van der Waals surface area contributed by atoms with E-state index in [1.807, 2.05) is 0 Å². The summed E-state index contributed by atoms with van der Waals surface area (Å²) < 4.78 is 0. The highest BCUT2D eigenvalue weighted by Crippen LogP contribution is 2.20. The molecule has 0 unspecified atom stereocenters. The third-order valence-electron chi connectivity index (χ3n) is 2.10. The average molecular weight is 240 g/mol. The summed E-state index contributed by atoms with van der Waals surface area (Å²) in [6.45, 7) is 1.08. The maximum atomic E-state index is 9.00. The lowest BCUT2D eigenvalue weighted by Gasteiger charge is -2.39. The molecule has 0 aliphatic heterocycles. The second-order valence-electron chi connectivity index (χ2n) is 3.46. The van der Waals surface area contributed by atoms with Gasteiger partial charge in [-0.05, 0) is 0 Å². The van der Waals surface area contributed by atoms with Crippen molar-refractivity contribution in [2.24, 2.45) is 0 Å². The van der Waals surface area contributed by atoms with Crippen LogP contribution in [0.2, 0.25) is 0 Å². The fraction of sp³-hybridized carbons (Fsp3) is 0.875. The highest BCUT2D eigenvalue weighted by Gasteiger charge is 2.47. The molecule has 0 bridgehead atoms. The Morgan fingerprint density at radius 3 is 0.812 bits per heavy atom. The zero-order valence-corrected chi connectivity index (χ0v) is 8.50. The van der Waals surface area contributed by atoms with Crippen LogP contribution in [0.5, 0.6) is 0 Å². The molecule has 0 radical (unpaired) electrons. The Morgan fingerprint density at radius 1 is 0.688 bits per heavy atom. The molecule has 8 nitrogen and oxygen atoms in total. The van der Waals surface area contributed by atoms with Gasteiger partial charge >= 0.3 is 0 Å². The Hall–Kier alpha value is -0.770. The molecule has 0 amide bonds. The number of hydrogen-bond acceptors (Lipinski definition) is 7. The predicted molar refractivity (Wildman–Crippen MR) is 49.4 cm³/mol. The number of aliphatic hydroxyl groups excluding tert-OH is 6. The minimum atomic E-state index is -1.64. The zero-order chi connectivity index (χ0) is 13.0. The van der Waals surface area contributed by atoms with Gasteiger partial charge in [0.2, 0.25) is 0 Å². The summed E-state index contributed by atoms with van der Waals surface area (Å²) in [5, 5.41) is 61.3. The Kier molecular flexibility index (Phi) is 5.79. The topological polar surface area (TPSA) is 159 Å². The molecule has 1 fully saturated rings. The third-order valence-corrected chi connectivity index (χ3v) is 2.10. The number of carboxylic acids is 1. The molecule has 0 saturated heterocycles. The van der Waals surface area contributed by atoms with Crippen molar-refractivity contribution in [2.75, 3.05) is 0 Å². The van der Waals surface area contributed by atoms with Crippen molar-refractivity contribution >= 4 is 5.97 Å². The van der Waals surface area contributed by atoms with E-state index in [0.29, 0.717) is 0 Å². The Labute approximate surface area is 91.0 Å². The van der Waals surface area contributed by atoms with Gasteiger partial charge in [0.25, 0.3) is 5.97 Å². The quantitative estimate of drug-likeness (QED) is 0.227. The average Bonchev–Trinajstić information content (AvgIpc) is 2.20. The molecule has 0 aromatic heterocycles. The van der Waals surface area contributed by atoms with E-state index in [9.17, 15) is 0 Å². The molecule has 0 heterocycles. The van der Waals surface area contributed by atoms with E-state index < -0.39 is 42.6 Å². The lowest BCUT2D eigenvalue weighted by Crippen LogP contribution is -2.63. The molecule has 0 spiro atoms. The summed E-state index contributed by atoms with van der Waals surface area (Å²) in [5.74, 6) is -0.833. The lowest BCUT2D eigenvalue weighted by atomic mass is 9.85. The van der Waals surface area contributed by atoms with Gasteiger partial charge in [-0.3, -0.25) is 4.79 Å². The van der Waals surface area contributed by atoms with E-state index in [1.54, 1.807) is 0 Å². The number of carboxylic acid groups (broad SMARTS) is 1. The SMILES string of the molecule is CC(=O)O.O[C@H]1[C@H](O)[C@@H](O)[C@H](O)[C@@H](O)[C@H]1O. The van der Waals surface area contributed by atoms with Crippen LogP contribution in [0.4, 0.5) is 0 Å². The molecule has 1 rings (SSSR count). The molecule has 8 heteroatoms. The molecule has 1 aliphatic carbocycles. The predicted octanol–water partition coefficient (Wildman–Crippen LogP) is -3.74. The second-order valence-corrected chi connectivity index (χ2v) is 3.46. The van der Waals surface area contributed by atoms with E-state index in [0.717, 1.165) is 6.92 Å². The van der Waals surface area contributed by atoms with Crippen molar-refractivity contribution in [1.82, 2.24) is 0 Å². The van der Waals surface area contributed by atoms with E-state index in [2.05, 4.69) is 0 Å². The number of carbonyl (C=O) groups is 1. The van der Waals surface area contributed by atoms with Crippen molar-refractivity contribution in [2.45, 2.75) is 43.5 Å². The molecule has 16 heavy (non-hydrogen) atoms. The van der Waals surface area contributed by atoms with Crippen LogP contribution >= 0.6 is 0 Å². The first-order valence-corrected chi connectivity index (χ1v) is 4.48. The Balaban J connectivity index is 0.000000487. The minimum Gasteiger partial charge on any atom is -0.481 e. The first kappa shape index (κ1) is 15.2. The molecule has 0 aromatic carbocycles. The van der Waals surface area contributed by atoms with Gasteiger partial charge in [-0.25, -0.2) is 0 Å². The number of rotatable bonds is 0. The standard InChI is InChI=1S/C6H12O6.C2H4O2/c7-1-2(8)4(10)6(12)5(11)3(1)9;1-2(3)4/h1-12H;1H3,(H,3,4)/t1-,2-,3-,4+,5-,6-;. The van der Waals surface area contributed by atoms with Gasteiger partial charge in [-0.2, -0.15) is 0 Å². The van der Waals surface area contributed by atoms with Crippen molar-refractivity contribution in [3.63, 3.8) is 0 Å². The fourth-order valence-electron chi connectivity index (χ4n) is 1.21. The van der Waals surface area contributed by atoms with E-state index in [-0.39, 0.29) is 0 Å². The molecule has 7 N–H and O–H groups in total. The summed E-state index contributed by atoms with van der Waals surface area (Å²) in [7, 11) is 0. The molecule has 1 saturated carbocycles. The monoisotopic (exact) mass is 240 g/mol. The molecular formula is C8H16O8. The van der Waals surface area contributed by atoms with Crippen molar-refractivity contribution in [3.8, 4) is 0 Å². The normalized spacial score (nSPS) is 43.2. The van der Waals surface area contributed by atoms with Gasteiger partial charge in [-0.1, -0.05) is 0 Å². The van der Waals surface area contributed by atoms with E-state index >= 15 is 0 Å². The van der Waals surface area contributed by atoms with Crippen molar-refractivity contribution < 1.29 is 40.5 Å². The summed E-state index contributed by atoms with van der Waals surface area (Å²) in [6.07, 6.45) is -9.84. The summed E-state index contributed by atoms with van der Waals surface area (Å²) in [6, 6.07) is 0. The van der Waals surface area contributed by atoms with Crippen LogP contribution < -0.4 is 0 Å². The van der Waals surface area contributed by atoms with Crippen LogP contribution in [0.25, 0.3) is 0 Å². The van der Waals surface area contributed by atoms with E-state index in [1.165, 1.54) is 0 Å². The van der Waals surface area contributed by atoms with Gasteiger partial charge in [-0.15, -0.1) is 0 Å². The van der Waals surface area contributed by atoms with Gasteiger partial charge in [0.15, 0.2) is 0 Å². The highest BCUT2D eigenvalue weighted by atomic mass is 16.4. The molecule has 0 atom stereocenters. The van der Waals surface area contributed by atoms with Crippen LogP contribution in [0.15, 0.2) is 0 Å². The fourth-order valence-corrected chi connectivity index (χ4v) is 1.21. The molecule has 96 valence electrons. The largest absolute Gasteiger partial charge is 0.481 e. The van der Waals surface area contributed by atoms with Crippen LogP contribution in [0, 0.1) is 0 Å². The Bertz CT molecular complexity index is 170. The van der Waals surface area contributed by atoms with Gasteiger partial charge < -0.3 is 35.7 Å².